The molecule has 1 aliphatic heterocycles. The van der Waals surface area contributed by atoms with Gasteiger partial charge in [0.1, 0.15) is 11.4 Å². The molecule has 3 heterocycles. The van der Waals surface area contributed by atoms with E-state index >= 15 is 0 Å². The van der Waals surface area contributed by atoms with E-state index in [2.05, 4.69) is 20.4 Å². The highest BCUT2D eigenvalue weighted by molar-refractivity contribution is 6.30. The quantitative estimate of drug-likeness (QED) is 0.624. The van der Waals surface area contributed by atoms with Gasteiger partial charge in [0.2, 0.25) is 5.95 Å². The molecule has 1 aliphatic rings. The van der Waals surface area contributed by atoms with Gasteiger partial charge < -0.3 is 15.5 Å². The van der Waals surface area contributed by atoms with Crippen LogP contribution in [0, 0.1) is 0 Å². The first-order valence-corrected chi connectivity index (χ1v) is 9.46. The Bertz CT molecular complexity index is 943. The lowest BCUT2D eigenvalue weighted by Gasteiger charge is -2.32. The zero-order chi connectivity index (χ0) is 18.8. The van der Waals surface area contributed by atoms with Crippen molar-refractivity contribution in [3.05, 3.63) is 41.6 Å². The number of aliphatic hydroxyl groups is 1. The topological polar surface area (TPSA) is 85.9 Å². The van der Waals surface area contributed by atoms with Crippen LogP contribution in [0.25, 0.3) is 16.8 Å². The molecule has 0 aliphatic carbocycles. The summed E-state index contributed by atoms with van der Waals surface area (Å²) < 4.78 is 1.95. The Labute approximate surface area is 162 Å². The molecule has 0 saturated carbocycles. The SMILES string of the molecule is OCCN1CCC[C@@H](Nc2nnc(-c3ccc(Cl)cc3O)c3cccn23)C1. The second-order valence-electron chi connectivity index (χ2n) is 6.80. The molecule has 142 valence electrons. The highest BCUT2D eigenvalue weighted by Gasteiger charge is 2.21. The minimum Gasteiger partial charge on any atom is -0.507 e. The average molecular weight is 388 g/mol. The summed E-state index contributed by atoms with van der Waals surface area (Å²) >= 11 is 5.94. The van der Waals surface area contributed by atoms with Crippen molar-refractivity contribution in [1.29, 1.82) is 0 Å². The third kappa shape index (κ3) is 3.71. The molecular weight excluding hydrogens is 366 g/mol. The van der Waals surface area contributed by atoms with E-state index in [1.54, 1.807) is 12.1 Å². The number of β-amino-alcohol motifs (C(OH)–C–C–N with tert-alkyl or cyclic N) is 1. The molecule has 8 heteroatoms. The predicted molar refractivity (Wildman–Crippen MR) is 105 cm³/mol. The van der Waals surface area contributed by atoms with Gasteiger partial charge >= 0.3 is 0 Å². The second kappa shape index (κ2) is 7.72. The third-order valence-corrected chi connectivity index (χ3v) is 5.17. The van der Waals surface area contributed by atoms with E-state index in [0.717, 1.165) is 31.4 Å². The van der Waals surface area contributed by atoms with E-state index in [1.807, 2.05) is 22.7 Å². The summed E-state index contributed by atoms with van der Waals surface area (Å²) in [6.45, 7) is 2.74. The van der Waals surface area contributed by atoms with Gasteiger partial charge in [-0.15, -0.1) is 10.2 Å². The van der Waals surface area contributed by atoms with Crippen molar-refractivity contribution in [3.63, 3.8) is 0 Å². The fourth-order valence-corrected chi connectivity index (χ4v) is 3.82. The molecule has 0 spiro atoms. The minimum absolute atomic E-state index is 0.0764. The molecule has 7 nitrogen and oxygen atoms in total. The maximum Gasteiger partial charge on any atom is 0.228 e. The first-order chi connectivity index (χ1) is 13.2. The lowest BCUT2D eigenvalue weighted by molar-refractivity contribution is 0.166. The van der Waals surface area contributed by atoms with Crippen molar-refractivity contribution in [2.24, 2.45) is 0 Å². The molecule has 3 N–H and O–H groups in total. The van der Waals surface area contributed by atoms with Crippen molar-refractivity contribution in [3.8, 4) is 17.0 Å². The van der Waals surface area contributed by atoms with Crippen molar-refractivity contribution in [2.45, 2.75) is 18.9 Å². The van der Waals surface area contributed by atoms with Gasteiger partial charge in [-0.3, -0.25) is 9.30 Å². The molecule has 1 atom stereocenters. The maximum atomic E-state index is 10.2. The molecule has 2 aromatic heterocycles. The summed E-state index contributed by atoms with van der Waals surface area (Å²) in [6.07, 6.45) is 4.06. The highest BCUT2D eigenvalue weighted by Crippen LogP contribution is 2.33. The number of phenolic OH excluding ortho intramolecular Hbond substituents is 1. The molecule has 1 aromatic carbocycles. The summed E-state index contributed by atoms with van der Waals surface area (Å²) in [6, 6.07) is 9.10. The lowest BCUT2D eigenvalue weighted by atomic mass is 10.1. The summed E-state index contributed by atoms with van der Waals surface area (Å²) in [5.74, 6) is 0.746. The van der Waals surface area contributed by atoms with Gasteiger partial charge in [-0.1, -0.05) is 11.6 Å². The number of hydrogen-bond acceptors (Lipinski definition) is 6. The molecule has 1 saturated heterocycles. The number of aromatic nitrogens is 3. The van der Waals surface area contributed by atoms with Gasteiger partial charge in [-0.05, 0) is 49.7 Å². The largest absolute Gasteiger partial charge is 0.507 e. The van der Waals surface area contributed by atoms with Crippen molar-refractivity contribution in [2.75, 3.05) is 31.6 Å². The number of fused-ring (bicyclic) bond motifs is 1. The third-order valence-electron chi connectivity index (χ3n) is 4.93. The maximum absolute atomic E-state index is 10.2. The Morgan fingerprint density at radius 2 is 2.15 bits per heavy atom. The van der Waals surface area contributed by atoms with E-state index in [1.165, 1.54) is 6.07 Å². The Morgan fingerprint density at radius 1 is 1.26 bits per heavy atom. The number of rotatable bonds is 5. The Hall–Kier alpha value is -2.35. The number of halogens is 1. The van der Waals surface area contributed by atoms with Gasteiger partial charge in [-0.25, -0.2) is 0 Å². The molecule has 0 radical (unpaired) electrons. The van der Waals surface area contributed by atoms with Crippen LogP contribution in [0.4, 0.5) is 5.95 Å². The number of hydrogen-bond donors (Lipinski definition) is 3. The number of aromatic hydroxyl groups is 1. The monoisotopic (exact) mass is 387 g/mol. The fraction of sp³-hybridized carbons (Fsp3) is 0.368. The number of nitrogens with one attached hydrogen (secondary N) is 1. The molecule has 1 fully saturated rings. The zero-order valence-corrected chi connectivity index (χ0v) is 15.6. The molecule has 4 rings (SSSR count). The molecule has 3 aromatic rings. The summed E-state index contributed by atoms with van der Waals surface area (Å²) in [4.78, 5) is 2.25. The van der Waals surface area contributed by atoms with Crippen LogP contribution in [-0.2, 0) is 0 Å². The minimum atomic E-state index is 0.0764. The average Bonchev–Trinajstić information content (AvgIpc) is 3.14. The van der Waals surface area contributed by atoms with E-state index in [-0.39, 0.29) is 18.4 Å². The zero-order valence-electron chi connectivity index (χ0n) is 14.8. The summed E-state index contributed by atoms with van der Waals surface area (Å²) in [5.41, 5.74) is 2.05. The lowest BCUT2D eigenvalue weighted by Crippen LogP contribution is -2.43. The number of nitrogens with zero attached hydrogens (tertiary/aromatic N) is 4. The van der Waals surface area contributed by atoms with Crippen LogP contribution in [0.3, 0.4) is 0 Å². The van der Waals surface area contributed by atoms with E-state index in [0.29, 0.717) is 28.8 Å². The van der Waals surface area contributed by atoms with Crippen LogP contribution in [0.1, 0.15) is 12.8 Å². The molecule has 27 heavy (non-hydrogen) atoms. The van der Waals surface area contributed by atoms with E-state index in [4.69, 9.17) is 16.7 Å². The van der Waals surface area contributed by atoms with Gasteiger partial charge in [0, 0.05) is 35.9 Å². The van der Waals surface area contributed by atoms with Crippen LogP contribution in [0.2, 0.25) is 5.02 Å². The van der Waals surface area contributed by atoms with Crippen LogP contribution in [-0.4, -0.2) is 62.0 Å². The van der Waals surface area contributed by atoms with E-state index < -0.39 is 0 Å². The Morgan fingerprint density at radius 3 is 2.96 bits per heavy atom. The van der Waals surface area contributed by atoms with Crippen LogP contribution >= 0.6 is 11.6 Å². The van der Waals surface area contributed by atoms with Gasteiger partial charge in [-0.2, -0.15) is 0 Å². The number of benzene rings is 1. The van der Waals surface area contributed by atoms with Crippen LogP contribution in [0.15, 0.2) is 36.5 Å². The van der Waals surface area contributed by atoms with E-state index in [9.17, 15) is 5.11 Å². The number of piperidine rings is 1. The smallest absolute Gasteiger partial charge is 0.228 e. The standard InChI is InChI=1S/C19H22ClN5O2/c20-13-5-6-15(17(27)11-13)18-16-4-2-8-25(16)19(23-22-18)21-14-3-1-7-24(12-14)9-10-26/h2,4-6,8,11,14,26-27H,1,3,7,9-10,12H2,(H,21,23)/t14-/m1/s1. The number of anilines is 1. The first-order valence-electron chi connectivity index (χ1n) is 9.08. The van der Waals surface area contributed by atoms with Crippen molar-refractivity contribution >= 4 is 23.1 Å². The Kier molecular flexibility index (Phi) is 5.15. The molecular formula is C19H22ClN5O2. The van der Waals surface area contributed by atoms with Crippen LogP contribution in [0.5, 0.6) is 5.75 Å². The Balaban J connectivity index is 1.63. The van der Waals surface area contributed by atoms with Crippen molar-refractivity contribution < 1.29 is 10.2 Å². The summed E-state index contributed by atoms with van der Waals surface area (Å²) in [5, 5.41) is 32.1. The summed E-state index contributed by atoms with van der Waals surface area (Å²) in [7, 11) is 0. The first kappa shape index (κ1) is 18.0. The van der Waals surface area contributed by atoms with Crippen LogP contribution < -0.4 is 5.32 Å². The van der Waals surface area contributed by atoms with Gasteiger partial charge in [0.25, 0.3) is 0 Å². The number of phenols is 1. The normalized spacial score (nSPS) is 18.1. The predicted octanol–water partition coefficient (Wildman–Crippen LogP) is 2.62. The fourth-order valence-electron chi connectivity index (χ4n) is 3.65. The number of likely N-dealkylation sites (tertiary alicyclic amines) is 1. The highest BCUT2D eigenvalue weighted by atomic mass is 35.5. The molecule has 0 amide bonds. The van der Waals surface area contributed by atoms with Gasteiger partial charge in [0.15, 0.2) is 0 Å². The molecule has 0 unspecified atom stereocenters. The number of aliphatic hydroxyl groups excluding tert-OH is 1. The molecule has 0 bridgehead atoms. The van der Waals surface area contributed by atoms with Crippen molar-refractivity contribution in [1.82, 2.24) is 19.5 Å². The van der Waals surface area contributed by atoms with Gasteiger partial charge in [0.05, 0.1) is 12.1 Å². The second-order valence-corrected chi connectivity index (χ2v) is 7.24.